The highest BCUT2D eigenvalue weighted by Gasteiger charge is 2.31. The lowest BCUT2D eigenvalue weighted by molar-refractivity contribution is -0.119. The highest BCUT2D eigenvalue weighted by atomic mass is 19.1. The number of anilines is 1. The fourth-order valence-corrected chi connectivity index (χ4v) is 2.28. The zero-order valence-corrected chi connectivity index (χ0v) is 10.2. The number of carbonyl (C=O) groups is 2. The lowest BCUT2D eigenvalue weighted by Crippen LogP contribution is -2.48. The van der Waals surface area contributed by atoms with Crippen LogP contribution in [0.4, 0.5) is 10.2 Å². The van der Waals surface area contributed by atoms with Gasteiger partial charge in [0.25, 0.3) is 0 Å². The molecule has 1 aromatic rings. The van der Waals surface area contributed by atoms with Gasteiger partial charge in [-0.1, -0.05) is 0 Å². The molecule has 1 amide bonds. The minimum atomic E-state index is -1.37. The summed E-state index contributed by atoms with van der Waals surface area (Å²) in [6.45, 7) is 0.431. The number of primary amides is 1. The van der Waals surface area contributed by atoms with Crippen molar-refractivity contribution in [3.63, 3.8) is 0 Å². The van der Waals surface area contributed by atoms with E-state index in [2.05, 4.69) is 4.98 Å². The molecule has 2 heterocycles. The number of carboxylic acid groups (broad SMARTS) is 1. The molecule has 1 aliphatic rings. The molecule has 102 valence electrons. The van der Waals surface area contributed by atoms with E-state index in [4.69, 9.17) is 10.8 Å². The SMILES string of the molecule is NC(=O)C1CCCCN1c1nccc(C(=O)O)c1F. The number of piperidine rings is 1. The van der Waals surface area contributed by atoms with Crippen molar-refractivity contribution in [3.05, 3.63) is 23.6 Å². The van der Waals surface area contributed by atoms with Crippen LogP contribution in [0.25, 0.3) is 0 Å². The van der Waals surface area contributed by atoms with Crippen molar-refractivity contribution in [2.45, 2.75) is 25.3 Å². The van der Waals surface area contributed by atoms with Crippen LogP contribution in [0.2, 0.25) is 0 Å². The Morgan fingerprint density at radius 1 is 1.47 bits per heavy atom. The molecule has 0 aromatic carbocycles. The quantitative estimate of drug-likeness (QED) is 0.842. The van der Waals surface area contributed by atoms with Gasteiger partial charge in [0.05, 0.1) is 0 Å². The summed E-state index contributed by atoms with van der Waals surface area (Å²) in [5, 5.41) is 8.89. The average Bonchev–Trinajstić information content (AvgIpc) is 2.38. The third kappa shape index (κ3) is 2.49. The standard InChI is InChI=1S/C12H14FN3O3/c13-9-7(12(18)19)4-5-15-11(9)16-6-2-1-3-8(16)10(14)17/h4-5,8H,1-3,6H2,(H2,14,17)(H,18,19). The predicted molar refractivity (Wildman–Crippen MR) is 65.3 cm³/mol. The Morgan fingerprint density at radius 3 is 2.84 bits per heavy atom. The predicted octanol–water partition coefficient (Wildman–Crippen LogP) is 0.763. The van der Waals surface area contributed by atoms with Crippen LogP contribution in [0.5, 0.6) is 0 Å². The van der Waals surface area contributed by atoms with Crippen molar-refractivity contribution in [3.8, 4) is 0 Å². The van der Waals surface area contributed by atoms with Gasteiger partial charge >= 0.3 is 5.97 Å². The normalized spacial score (nSPS) is 19.2. The number of pyridine rings is 1. The second kappa shape index (κ2) is 5.21. The van der Waals surface area contributed by atoms with Crippen LogP contribution in [0.15, 0.2) is 12.3 Å². The maximum atomic E-state index is 14.1. The number of aromatic nitrogens is 1. The Balaban J connectivity index is 2.42. The minimum absolute atomic E-state index is 0.122. The highest BCUT2D eigenvalue weighted by Crippen LogP contribution is 2.26. The highest BCUT2D eigenvalue weighted by molar-refractivity contribution is 5.89. The molecule has 3 N–H and O–H groups in total. The van der Waals surface area contributed by atoms with Crippen molar-refractivity contribution < 1.29 is 19.1 Å². The molecule has 0 spiro atoms. The van der Waals surface area contributed by atoms with Crippen molar-refractivity contribution >= 4 is 17.7 Å². The molecule has 0 bridgehead atoms. The zero-order chi connectivity index (χ0) is 14.0. The summed E-state index contributed by atoms with van der Waals surface area (Å²) in [5.74, 6) is -2.97. The monoisotopic (exact) mass is 267 g/mol. The molecular formula is C12H14FN3O3. The van der Waals surface area contributed by atoms with Crippen molar-refractivity contribution in [2.75, 3.05) is 11.4 Å². The summed E-state index contributed by atoms with van der Waals surface area (Å²) < 4.78 is 14.1. The molecule has 19 heavy (non-hydrogen) atoms. The minimum Gasteiger partial charge on any atom is -0.478 e. The molecule has 0 aliphatic carbocycles. The van der Waals surface area contributed by atoms with Crippen molar-refractivity contribution in [1.29, 1.82) is 0 Å². The first-order valence-corrected chi connectivity index (χ1v) is 5.96. The molecule has 0 saturated carbocycles. The Bertz CT molecular complexity index is 521. The van der Waals surface area contributed by atoms with E-state index in [-0.39, 0.29) is 5.82 Å². The van der Waals surface area contributed by atoms with Gasteiger partial charge in [0.15, 0.2) is 11.6 Å². The number of amides is 1. The number of halogens is 1. The summed E-state index contributed by atoms with van der Waals surface area (Å²) >= 11 is 0. The topological polar surface area (TPSA) is 96.5 Å². The Kier molecular flexibility index (Phi) is 3.64. The van der Waals surface area contributed by atoms with E-state index < -0.39 is 29.3 Å². The maximum absolute atomic E-state index is 14.1. The molecule has 1 atom stereocenters. The van der Waals surface area contributed by atoms with Gasteiger partial charge in [0.1, 0.15) is 11.6 Å². The van der Waals surface area contributed by atoms with E-state index in [1.54, 1.807) is 0 Å². The molecule has 6 nitrogen and oxygen atoms in total. The van der Waals surface area contributed by atoms with Gasteiger partial charge in [-0.15, -0.1) is 0 Å². The third-order valence-corrected chi connectivity index (χ3v) is 3.20. The van der Waals surface area contributed by atoms with Crippen LogP contribution in [0.1, 0.15) is 29.6 Å². The fraction of sp³-hybridized carbons (Fsp3) is 0.417. The second-order valence-corrected chi connectivity index (χ2v) is 4.41. The number of hydrogen-bond donors (Lipinski definition) is 2. The number of hydrogen-bond acceptors (Lipinski definition) is 4. The molecule has 1 unspecified atom stereocenters. The van der Waals surface area contributed by atoms with E-state index in [0.717, 1.165) is 18.9 Å². The first-order valence-electron chi connectivity index (χ1n) is 5.96. The molecule has 0 radical (unpaired) electrons. The van der Waals surface area contributed by atoms with Crippen LogP contribution in [-0.4, -0.2) is 34.6 Å². The Morgan fingerprint density at radius 2 is 2.21 bits per heavy atom. The van der Waals surface area contributed by atoms with Gasteiger partial charge in [-0.3, -0.25) is 4.79 Å². The number of aromatic carboxylic acids is 1. The first-order chi connectivity index (χ1) is 9.02. The van der Waals surface area contributed by atoms with E-state index in [9.17, 15) is 14.0 Å². The van der Waals surface area contributed by atoms with E-state index in [1.807, 2.05) is 0 Å². The smallest absolute Gasteiger partial charge is 0.338 e. The summed E-state index contributed by atoms with van der Waals surface area (Å²) in [6.07, 6.45) is 3.34. The summed E-state index contributed by atoms with van der Waals surface area (Å²) in [6, 6.07) is 0.449. The van der Waals surface area contributed by atoms with Crippen molar-refractivity contribution in [1.82, 2.24) is 4.98 Å². The summed E-state index contributed by atoms with van der Waals surface area (Å²) in [4.78, 5) is 27.6. The third-order valence-electron chi connectivity index (χ3n) is 3.20. The average molecular weight is 267 g/mol. The Labute approximate surface area is 109 Å². The lowest BCUT2D eigenvalue weighted by atomic mass is 10.0. The van der Waals surface area contributed by atoms with Gasteiger partial charge < -0.3 is 15.7 Å². The molecule has 1 aliphatic heterocycles. The van der Waals surface area contributed by atoms with Gasteiger partial charge in [-0.25, -0.2) is 14.2 Å². The number of nitrogens with two attached hydrogens (primary N) is 1. The van der Waals surface area contributed by atoms with Gasteiger partial charge in [0, 0.05) is 12.7 Å². The van der Waals surface area contributed by atoms with Crippen LogP contribution < -0.4 is 10.6 Å². The van der Waals surface area contributed by atoms with Crippen LogP contribution >= 0.6 is 0 Å². The van der Waals surface area contributed by atoms with Crippen molar-refractivity contribution in [2.24, 2.45) is 5.73 Å². The summed E-state index contributed by atoms with van der Waals surface area (Å²) in [5.41, 5.74) is 4.84. The second-order valence-electron chi connectivity index (χ2n) is 4.41. The molecule has 2 rings (SSSR count). The number of nitrogens with zero attached hydrogens (tertiary/aromatic N) is 2. The lowest BCUT2D eigenvalue weighted by Gasteiger charge is -2.34. The largest absolute Gasteiger partial charge is 0.478 e. The van der Waals surface area contributed by atoms with Crippen LogP contribution in [-0.2, 0) is 4.79 Å². The van der Waals surface area contributed by atoms with Crippen LogP contribution in [0, 0.1) is 5.82 Å². The van der Waals surface area contributed by atoms with Gasteiger partial charge in [-0.2, -0.15) is 0 Å². The van der Waals surface area contributed by atoms with Gasteiger partial charge in [-0.05, 0) is 25.3 Å². The molecule has 7 heteroatoms. The Hall–Kier alpha value is -2.18. The van der Waals surface area contributed by atoms with E-state index >= 15 is 0 Å². The zero-order valence-electron chi connectivity index (χ0n) is 10.2. The van der Waals surface area contributed by atoms with E-state index in [0.29, 0.717) is 13.0 Å². The maximum Gasteiger partial charge on any atom is 0.338 e. The van der Waals surface area contributed by atoms with E-state index in [1.165, 1.54) is 11.1 Å². The fourth-order valence-electron chi connectivity index (χ4n) is 2.28. The molecule has 1 fully saturated rings. The first kappa shape index (κ1) is 13.3. The number of carboxylic acids is 1. The summed E-state index contributed by atoms with van der Waals surface area (Å²) in [7, 11) is 0. The molecule has 1 aromatic heterocycles. The van der Waals surface area contributed by atoms with Crippen LogP contribution in [0.3, 0.4) is 0 Å². The molecule has 1 saturated heterocycles. The number of rotatable bonds is 3. The van der Waals surface area contributed by atoms with Gasteiger partial charge in [0.2, 0.25) is 5.91 Å². The molecular weight excluding hydrogens is 253 g/mol. The number of carbonyl (C=O) groups excluding carboxylic acids is 1.